The number of carbonyl (C=O) groups excluding carboxylic acids is 2. The van der Waals surface area contributed by atoms with E-state index < -0.39 is 12.7 Å². The lowest BCUT2D eigenvalue weighted by molar-refractivity contribution is -0.0344. The number of carbonyl (C=O) groups is 2. The van der Waals surface area contributed by atoms with Crippen LogP contribution in [-0.2, 0) is 9.31 Å². The lowest BCUT2D eigenvalue weighted by Gasteiger charge is -2.43. The first-order valence-corrected chi connectivity index (χ1v) is 11.1. The molecule has 0 spiro atoms. The average molecular weight is 437 g/mol. The minimum Gasteiger partial charge on any atom is -0.408 e. The van der Waals surface area contributed by atoms with Crippen LogP contribution in [0.4, 0.5) is 4.39 Å². The van der Waals surface area contributed by atoms with Crippen molar-refractivity contribution in [2.75, 3.05) is 0 Å². The number of fused-ring (bicyclic) bond motifs is 1. The summed E-state index contributed by atoms with van der Waals surface area (Å²) >= 11 is 0. The molecule has 0 saturated carbocycles. The van der Waals surface area contributed by atoms with Crippen molar-refractivity contribution in [1.29, 1.82) is 0 Å². The second-order valence-electron chi connectivity index (χ2n) is 10.1. The molecule has 2 aromatic carbocycles. The molecule has 0 radical (unpaired) electrons. The Morgan fingerprint density at radius 2 is 1.66 bits per heavy atom. The third-order valence-electron chi connectivity index (χ3n) is 6.33. The van der Waals surface area contributed by atoms with Gasteiger partial charge >= 0.3 is 7.12 Å². The molecule has 32 heavy (non-hydrogen) atoms. The van der Waals surface area contributed by atoms with Crippen LogP contribution in [0.15, 0.2) is 48.5 Å². The van der Waals surface area contributed by atoms with E-state index in [1.54, 1.807) is 36.4 Å². The molecule has 0 bridgehead atoms. The molecule has 2 unspecified atom stereocenters. The highest BCUT2D eigenvalue weighted by atomic mass is 19.1. The first-order chi connectivity index (χ1) is 15.0. The van der Waals surface area contributed by atoms with Crippen LogP contribution in [0, 0.1) is 5.82 Å². The maximum Gasteiger partial charge on any atom is 0.465 e. The largest absolute Gasteiger partial charge is 0.465 e. The summed E-state index contributed by atoms with van der Waals surface area (Å²) in [7, 11) is -0.589. The molecular weight excluding hydrogens is 408 g/mol. The molecule has 0 aromatic heterocycles. The van der Waals surface area contributed by atoms with Crippen molar-refractivity contribution in [3.63, 3.8) is 0 Å². The van der Waals surface area contributed by atoms with Gasteiger partial charge in [-0.15, -0.1) is 0 Å². The maximum absolute atomic E-state index is 13.7. The van der Waals surface area contributed by atoms with Crippen LogP contribution >= 0.6 is 0 Å². The van der Waals surface area contributed by atoms with E-state index in [4.69, 9.17) is 9.31 Å². The standard InChI is InChI=1S/C25H29BFNO4/c1-16-14-25(4,5)32-26(31-16)21(17-10-12-18(27)13-11-17)15-24(2,3)28-22(29)19-8-6-7-9-20(19)23(28)30/h6-13,16,21H,14-15H2,1-5H3. The van der Waals surface area contributed by atoms with E-state index in [1.165, 1.54) is 17.0 Å². The minimum absolute atomic E-state index is 0.0193. The summed E-state index contributed by atoms with van der Waals surface area (Å²) < 4.78 is 26.2. The van der Waals surface area contributed by atoms with Crippen molar-refractivity contribution in [1.82, 2.24) is 4.90 Å². The Bertz CT molecular complexity index is 1000. The van der Waals surface area contributed by atoms with E-state index >= 15 is 0 Å². The fourth-order valence-electron chi connectivity index (χ4n) is 4.99. The molecule has 5 nitrogen and oxygen atoms in total. The molecule has 2 aliphatic rings. The zero-order valence-electron chi connectivity index (χ0n) is 19.2. The van der Waals surface area contributed by atoms with Gasteiger partial charge in [0.25, 0.3) is 11.8 Å². The highest BCUT2D eigenvalue weighted by Crippen LogP contribution is 2.40. The van der Waals surface area contributed by atoms with Gasteiger partial charge in [0.1, 0.15) is 5.82 Å². The van der Waals surface area contributed by atoms with E-state index in [0.29, 0.717) is 17.5 Å². The van der Waals surface area contributed by atoms with E-state index in [9.17, 15) is 14.0 Å². The van der Waals surface area contributed by atoms with Crippen molar-refractivity contribution in [2.24, 2.45) is 0 Å². The van der Waals surface area contributed by atoms with Gasteiger partial charge in [-0.25, -0.2) is 4.39 Å². The number of halogens is 1. The molecule has 2 atom stereocenters. The van der Waals surface area contributed by atoms with Crippen molar-refractivity contribution in [3.05, 3.63) is 71.0 Å². The van der Waals surface area contributed by atoms with Crippen LogP contribution in [0.25, 0.3) is 0 Å². The summed E-state index contributed by atoms with van der Waals surface area (Å²) in [5, 5.41) is 0. The Kier molecular flexibility index (Phi) is 5.76. The van der Waals surface area contributed by atoms with E-state index in [1.807, 2.05) is 34.6 Å². The molecule has 2 heterocycles. The third-order valence-corrected chi connectivity index (χ3v) is 6.33. The summed E-state index contributed by atoms with van der Waals surface area (Å²) in [6.07, 6.45) is 1.13. The predicted molar refractivity (Wildman–Crippen MR) is 121 cm³/mol. The Morgan fingerprint density at radius 1 is 1.09 bits per heavy atom. The monoisotopic (exact) mass is 437 g/mol. The molecule has 168 valence electrons. The molecule has 1 saturated heterocycles. The van der Waals surface area contributed by atoms with Gasteiger partial charge in [0.2, 0.25) is 0 Å². The second kappa shape index (κ2) is 8.12. The van der Waals surface area contributed by atoms with Crippen LogP contribution in [0.1, 0.15) is 79.6 Å². The number of hydrogen-bond acceptors (Lipinski definition) is 4. The van der Waals surface area contributed by atoms with Crippen LogP contribution in [0.3, 0.4) is 0 Å². The number of rotatable bonds is 5. The van der Waals surface area contributed by atoms with Crippen molar-refractivity contribution >= 4 is 18.9 Å². The summed E-state index contributed by atoms with van der Waals surface area (Å²) in [5.74, 6) is -1.23. The van der Waals surface area contributed by atoms with Crippen molar-refractivity contribution in [2.45, 2.75) is 70.5 Å². The highest BCUT2D eigenvalue weighted by molar-refractivity contribution is 6.47. The molecule has 0 aliphatic carbocycles. The molecule has 2 amide bonds. The fraction of sp³-hybridized carbons (Fsp3) is 0.440. The zero-order chi connectivity index (χ0) is 23.3. The number of benzene rings is 2. The van der Waals surface area contributed by atoms with Gasteiger partial charge in [0, 0.05) is 17.5 Å². The molecule has 7 heteroatoms. The summed E-state index contributed by atoms with van der Waals surface area (Å²) in [6.45, 7) is 9.81. The van der Waals surface area contributed by atoms with Gasteiger partial charge in [-0.3, -0.25) is 14.5 Å². The average Bonchev–Trinajstić information content (AvgIpc) is 2.97. The minimum atomic E-state index is -0.830. The van der Waals surface area contributed by atoms with Gasteiger partial charge in [0.05, 0.1) is 16.7 Å². The zero-order valence-corrected chi connectivity index (χ0v) is 19.2. The second-order valence-corrected chi connectivity index (χ2v) is 10.1. The topological polar surface area (TPSA) is 55.8 Å². The Balaban J connectivity index is 1.68. The van der Waals surface area contributed by atoms with Gasteiger partial charge < -0.3 is 9.31 Å². The number of nitrogens with zero attached hydrogens (tertiary/aromatic N) is 1. The first kappa shape index (κ1) is 22.7. The molecule has 2 aliphatic heterocycles. The lowest BCUT2D eigenvalue weighted by atomic mass is 9.61. The molecule has 1 fully saturated rings. The third kappa shape index (κ3) is 4.24. The molecule has 2 aromatic rings. The highest BCUT2D eigenvalue weighted by Gasteiger charge is 2.49. The van der Waals surface area contributed by atoms with Crippen LogP contribution < -0.4 is 0 Å². The number of imide groups is 1. The fourth-order valence-corrected chi connectivity index (χ4v) is 4.99. The molecule has 0 N–H and O–H groups in total. The van der Waals surface area contributed by atoms with Gasteiger partial charge in [-0.2, -0.15) is 0 Å². The van der Waals surface area contributed by atoms with Crippen molar-refractivity contribution < 1.29 is 23.3 Å². The summed E-state index contributed by atoms with van der Waals surface area (Å²) in [6, 6.07) is 13.1. The van der Waals surface area contributed by atoms with Crippen LogP contribution in [0.2, 0.25) is 0 Å². The number of amides is 2. The Morgan fingerprint density at radius 3 is 2.19 bits per heavy atom. The van der Waals surface area contributed by atoms with Gasteiger partial charge in [-0.1, -0.05) is 24.3 Å². The quantitative estimate of drug-likeness (QED) is 0.488. The number of hydrogen-bond donors (Lipinski definition) is 0. The summed E-state index contributed by atoms with van der Waals surface area (Å²) in [5.41, 5.74) is 0.461. The van der Waals surface area contributed by atoms with E-state index in [-0.39, 0.29) is 35.2 Å². The van der Waals surface area contributed by atoms with Gasteiger partial charge in [0.15, 0.2) is 0 Å². The van der Waals surface area contributed by atoms with E-state index in [2.05, 4.69) is 0 Å². The first-order valence-electron chi connectivity index (χ1n) is 11.1. The van der Waals surface area contributed by atoms with Crippen LogP contribution in [0.5, 0.6) is 0 Å². The van der Waals surface area contributed by atoms with Gasteiger partial charge in [-0.05, 0) is 77.3 Å². The van der Waals surface area contributed by atoms with Crippen molar-refractivity contribution in [3.8, 4) is 0 Å². The normalized spacial score (nSPS) is 21.6. The molecular formula is C25H29BFNO4. The Hall–Kier alpha value is -2.51. The predicted octanol–water partition coefficient (Wildman–Crippen LogP) is 5.01. The lowest BCUT2D eigenvalue weighted by Crippen LogP contribution is -2.53. The van der Waals surface area contributed by atoms with E-state index in [0.717, 1.165) is 12.0 Å². The SMILES string of the molecule is CC1CC(C)(C)OB(C(CC(C)(C)N2C(=O)c3ccccc3C2=O)c2ccc(F)cc2)O1. The summed E-state index contributed by atoms with van der Waals surface area (Å²) in [4.78, 5) is 27.6. The smallest absolute Gasteiger partial charge is 0.408 e. The maximum atomic E-state index is 13.7. The Labute approximate surface area is 189 Å². The molecule has 4 rings (SSSR count). The van der Waals surface area contributed by atoms with Crippen LogP contribution in [-0.4, -0.2) is 41.1 Å².